The van der Waals surface area contributed by atoms with Crippen molar-refractivity contribution < 1.29 is 4.92 Å². The molecule has 0 saturated heterocycles. The fraction of sp³-hybridized carbons (Fsp3) is 0.200. The summed E-state index contributed by atoms with van der Waals surface area (Å²) in [6.07, 6.45) is 2.81. The van der Waals surface area contributed by atoms with Crippen LogP contribution in [-0.4, -0.2) is 14.5 Å². The standard InChI is InChI=1S/C25H22N4O2/c1-3-4-9-24-27-25-17(2)14-21(29(30)31)15-23(25)28(24)20-12-10-18(11-13-20)22-8-6-5-7-19(22)16-26/h5-8,10-15H,3-4,9H2,1-2H3. The maximum atomic E-state index is 11.4. The Kier molecular flexibility index (Phi) is 5.50. The Bertz CT molecular complexity index is 1310. The van der Waals surface area contributed by atoms with Crippen LogP contribution in [-0.2, 0) is 6.42 Å². The highest BCUT2D eigenvalue weighted by Gasteiger charge is 2.18. The molecule has 4 rings (SSSR count). The maximum absolute atomic E-state index is 11.4. The van der Waals surface area contributed by atoms with Gasteiger partial charge in [0.1, 0.15) is 5.82 Å². The molecule has 0 aliphatic rings. The van der Waals surface area contributed by atoms with Gasteiger partial charge < -0.3 is 0 Å². The monoisotopic (exact) mass is 410 g/mol. The largest absolute Gasteiger partial charge is 0.296 e. The van der Waals surface area contributed by atoms with Gasteiger partial charge in [-0.15, -0.1) is 0 Å². The first kappa shape index (κ1) is 20.3. The highest BCUT2D eigenvalue weighted by molar-refractivity contribution is 5.84. The van der Waals surface area contributed by atoms with Crippen molar-refractivity contribution in [3.63, 3.8) is 0 Å². The minimum Gasteiger partial charge on any atom is -0.296 e. The molecule has 0 aliphatic heterocycles. The molecule has 0 atom stereocenters. The van der Waals surface area contributed by atoms with Gasteiger partial charge in [0.15, 0.2) is 0 Å². The summed E-state index contributed by atoms with van der Waals surface area (Å²) in [5.41, 5.74) is 5.73. The lowest BCUT2D eigenvalue weighted by Crippen LogP contribution is -2.02. The molecule has 1 aromatic heterocycles. The van der Waals surface area contributed by atoms with Gasteiger partial charge >= 0.3 is 0 Å². The zero-order valence-corrected chi connectivity index (χ0v) is 17.5. The Morgan fingerprint density at radius 2 is 1.87 bits per heavy atom. The first-order valence-corrected chi connectivity index (χ1v) is 10.3. The number of benzene rings is 3. The van der Waals surface area contributed by atoms with Crippen LogP contribution in [0.3, 0.4) is 0 Å². The lowest BCUT2D eigenvalue weighted by Gasteiger charge is -2.11. The molecule has 0 fully saturated rings. The Labute approximate surface area is 180 Å². The van der Waals surface area contributed by atoms with Crippen LogP contribution >= 0.6 is 0 Å². The van der Waals surface area contributed by atoms with E-state index in [1.54, 1.807) is 18.2 Å². The molecule has 0 saturated carbocycles. The van der Waals surface area contributed by atoms with Crippen LogP contribution in [0.1, 0.15) is 36.7 Å². The highest BCUT2D eigenvalue weighted by Crippen LogP contribution is 2.31. The Morgan fingerprint density at radius 1 is 1.13 bits per heavy atom. The molecular weight excluding hydrogens is 388 g/mol. The SMILES string of the molecule is CCCCc1nc2c(C)cc([N+](=O)[O-])cc2n1-c1ccc(-c2ccccc2C#N)cc1. The second-order valence-corrected chi connectivity index (χ2v) is 7.56. The fourth-order valence-electron chi connectivity index (χ4n) is 3.89. The summed E-state index contributed by atoms with van der Waals surface area (Å²) in [4.78, 5) is 15.9. The summed E-state index contributed by atoms with van der Waals surface area (Å²) in [5.74, 6) is 0.894. The number of hydrogen-bond acceptors (Lipinski definition) is 4. The smallest absolute Gasteiger partial charge is 0.271 e. The number of nitrogens with zero attached hydrogens (tertiary/aromatic N) is 4. The van der Waals surface area contributed by atoms with Gasteiger partial charge in [-0.25, -0.2) is 4.98 Å². The molecule has 0 radical (unpaired) electrons. The van der Waals surface area contributed by atoms with E-state index < -0.39 is 0 Å². The average molecular weight is 410 g/mol. The van der Waals surface area contributed by atoms with E-state index in [0.29, 0.717) is 5.56 Å². The van der Waals surface area contributed by atoms with E-state index in [2.05, 4.69) is 13.0 Å². The van der Waals surface area contributed by atoms with Gasteiger partial charge in [0.05, 0.1) is 27.6 Å². The Hall–Kier alpha value is -3.98. The quantitative estimate of drug-likeness (QED) is 0.283. The van der Waals surface area contributed by atoms with Crippen LogP contribution in [0, 0.1) is 28.4 Å². The number of fused-ring (bicyclic) bond motifs is 1. The number of rotatable bonds is 6. The van der Waals surface area contributed by atoms with Crippen LogP contribution in [0.25, 0.3) is 27.8 Å². The van der Waals surface area contributed by atoms with E-state index in [1.807, 2.05) is 54.0 Å². The number of non-ortho nitro benzene ring substituents is 1. The van der Waals surface area contributed by atoms with E-state index >= 15 is 0 Å². The van der Waals surface area contributed by atoms with Crippen molar-refractivity contribution in [2.45, 2.75) is 33.1 Å². The molecule has 0 amide bonds. The molecule has 0 bridgehead atoms. The molecular formula is C25H22N4O2. The van der Waals surface area contributed by atoms with Crippen LogP contribution in [0.5, 0.6) is 0 Å². The zero-order chi connectivity index (χ0) is 22.0. The molecule has 154 valence electrons. The van der Waals surface area contributed by atoms with Crippen molar-refractivity contribution in [1.29, 1.82) is 5.26 Å². The van der Waals surface area contributed by atoms with E-state index in [4.69, 9.17) is 4.98 Å². The topological polar surface area (TPSA) is 84.8 Å². The van der Waals surface area contributed by atoms with E-state index in [0.717, 1.165) is 58.5 Å². The van der Waals surface area contributed by atoms with Gasteiger partial charge in [-0.3, -0.25) is 14.7 Å². The number of aromatic nitrogens is 2. The molecule has 4 aromatic rings. The lowest BCUT2D eigenvalue weighted by atomic mass is 10.0. The van der Waals surface area contributed by atoms with Crippen molar-refractivity contribution in [2.75, 3.05) is 0 Å². The van der Waals surface area contributed by atoms with Crippen LogP contribution in [0.15, 0.2) is 60.7 Å². The minimum absolute atomic E-state index is 0.0627. The van der Waals surface area contributed by atoms with Gasteiger partial charge in [-0.1, -0.05) is 43.7 Å². The van der Waals surface area contributed by atoms with Gasteiger partial charge in [0.25, 0.3) is 5.69 Å². The molecule has 0 spiro atoms. The molecule has 0 aliphatic carbocycles. The van der Waals surface area contributed by atoms with E-state index in [9.17, 15) is 15.4 Å². The first-order valence-electron chi connectivity index (χ1n) is 10.3. The first-order chi connectivity index (χ1) is 15.0. The van der Waals surface area contributed by atoms with Crippen LogP contribution < -0.4 is 0 Å². The van der Waals surface area contributed by atoms with E-state index in [-0.39, 0.29) is 10.6 Å². The van der Waals surface area contributed by atoms with Gasteiger partial charge in [-0.2, -0.15) is 5.26 Å². The number of aryl methyl sites for hydroxylation is 2. The molecule has 0 N–H and O–H groups in total. The lowest BCUT2D eigenvalue weighted by molar-refractivity contribution is -0.384. The molecule has 6 heteroatoms. The number of imidazole rings is 1. The van der Waals surface area contributed by atoms with Crippen LogP contribution in [0.4, 0.5) is 5.69 Å². The van der Waals surface area contributed by atoms with Gasteiger partial charge in [0, 0.05) is 24.2 Å². The van der Waals surface area contributed by atoms with E-state index in [1.165, 1.54) is 0 Å². The summed E-state index contributed by atoms with van der Waals surface area (Å²) < 4.78 is 2.02. The van der Waals surface area contributed by atoms with Crippen molar-refractivity contribution in [2.24, 2.45) is 0 Å². The number of hydrogen-bond donors (Lipinski definition) is 0. The second kappa shape index (κ2) is 8.41. The minimum atomic E-state index is -0.364. The average Bonchev–Trinajstić information content (AvgIpc) is 3.16. The Balaban J connectivity index is 1.88. The normalized spacial score (nSPS) is 10.9. The number of nitriles is 1. The van der Waals surface area contributed by atoms with Crippen molar-refractivity contribution in [3.05, 3.63) is 87.7 Å². The zero-order valence-electron chi connectivity index (χ0n) is 17.5. The maximum Gasteiger partial charge on any atom is 0.271 e. The Morgan fingerprint density at radius 3 is 2.55 bits per heavy atom. The third kappa shape index (κ3) is 3.78. The molecule has 1 heterocycles. The van der Waals surface area contributed by atoms with Crippen LogP contribution in [0.2, 0.25) is 0 Å². The molecule has 31 heavy (non-hydrogen) atoms. The summed E-state index contributed by atoms with van der Waals surface area (Å²) in [7, 11) is 0. The molecule has 6 nitrogen and oxygen atoms in total. The highest BCUT2D eigenvalue weighted by atomic mass is 16.6. The number of unbranched alkanes of at least 4 members (excludes halogenated alkanes) is 1. The third-order valence-corrected chi connectivity index (χ3v) is 5.45. The van der Waals surface area contributed by atoms with Crippen molar-refractivity contribution >= 4 is 16.7 Å². The number of nitro groups is 1. The second-order valence-electron chi connectivity index (χ2n) is 7.56. The summed E-state index contributed by atoms with van der Waals surface area (Å²) >= 11 is 0. The number of nitro benzene ring substituents is 1. The predicted octanol–water partition coefficient (Wildman–Crippen LogP) is 6.12. The fourth-order valence-corrected chi connectivity index (χ4v) is 3.89. The van der Waals surface area contributed by atoms with Gasteiger partial charge in [-0.05, 0) is 48.2 Å². The van der Waals surface area contributed by atoms with Gasteiger partial charge in [0.2, 0.25) is 0 Å². The summed E-state index contributed by atoms with van der Waals surface area (Å²) in [6, 6.07) is 20.8. The summed E-state index contributed by atoms with van der Waals surface area (Å²) in [6.45, 7) is 3.99. The molecule has 0 unspecified atom stereocenters. The van der Waals surface area contributed by atoms with Crippen molar-refractivity contribution in [3.8, 4) is 22.9 Å². The molecule has 3 aromatic carbocycles. The third-order valence-electron chi connectivity index (χ3n) is 5.45. The predicted molar refractivity (Wildman–Crippen MR) is 121 cm³/mol. The summed E-state index contributed by atoms with van der Waals surface area (Å²) in [5, 5.41) is 20.8. The van der Waals surface area contributed by atoms with Crippen molar-refractivity contribution in [1.82, 2.24) is 9.55 Å².